The van der Waals surface area contributed by atoms with Gasteiger partial charge in [0.05, 0.1) is 5.56 Å². The van der Waals surface area contributed by atoms with E-state index in [1.807, 2.05) is 40.7 Å². The van der Waals surface area contributed by atoms with Crippen molar-refractivity contribution >= 4 is 11.7 Å². The summed E-state index contributed by atoms with van der Waals surface area (Å²) in [4.78, 5) is 12.0. The van der Waals surface area contributed by atoms with Crippen molar-refractivity contribution in [2.24, 2.45) is 5.92 Å². The van der Waals surface area contributed by atoms with Crippen LogP contribution in [0.2, 0.25) is 0 Å². The Morgan fingerprint density at radius 2 is 1.82 bits per heavy atom. The molecule has 0 radical (unpaired) electrons. The van der Waals surface area contributed by atoms with E-state index in [0.29, 0.717) is 17.2 Å². The second-order valence-corrected chi connectivity index (χ2v) is 4.86. The molecule has 0 amide bonds. The van der Waals surface area contributed by atoms with Gasteiger partial charge in [0.2, 0.25) is 0 Å². The molecule has 94 valence electrons. The molecule has 1 unspecified atom stereocenters. The quantitative estimate of drug-likeness (QED) is 0.647. The Balaban J connectivity index is 2.97. The lowest BCUT2D eigenvalue weighted by Gasteiger charge is -2.18. The molecule has 0 fully saturated rings. The highest BCUT2D eigenvalue weighted by Crippen LogP contribution is 2.20. The summed E-state index contributed by atoms with van der Waals surface area (Å²) in [5, 5.41) is 0. The lowest BCUT2D eigenvalue weighted by Crippen LogP contribution is -2.21. The second kappa shape index (κ2) is 5.21. The summed E-state index contributed by atoms with van der Waals surface area (Å²) in [5.41, 5.74) is 8.85. The number of nitrogens with two attached hydrogens (primary N) is 1. The number of rotatable bonds is 3. The van der Waals surface area contributed by atoms with E-state index in [-0.39, 0.29) is 12.1 Å². The molecule has 3 nitrogen and oxygen atoms in total. The Kier molecular flexibility index (Phi) is 4.16. The zero-order valence-electron chi connectivity index (χ0n) is 11.2. The SMILES string of the molecule is Cc1cc(N)cc(C(=O)OC(C)C(C)C)c1C. The summed E-state index contributed by atoms with van der Waals surface area (Å²) in [6, 6.07) is 3.54. The van der Waals surface area contributed by atoms with E-state index in [1.165, 1.54) is 0 Å². The average molecular weight is 235 g/mol. The highest BCUT2D eigenvalue weighted by molar-refractivity contribution is 5.92. The van der Waals surface area contributed by atoms with Crippen LogP contribution in [0.15, 0.2) is 12.1 Å². The number of benzene rings is 1. The van der Waals surface area contributed by atoms with Crippen LogP contribution in [-0.2, 0) is 4.74 Å². The minimum absolute atomic E-state index is 0.0939. The molecular formula is C14H21NO2. The topological polar surface area (TPSA) is 52.3 Å². The summed E-state index contributed by atoms with van der Waals surface area (Å²) >= 11 is 0. The summed E-state index contributed by atoms with van der Waals surface area (Å²) in [6.45, 7) is 9.79. The minimum atomic E-state index is -0.292. The normalized spacial score (nSPS) is 12.6. The second-order valence-electron chi connectivity index (χ2n) is 4.86. The molecule has 1 aromatic carbocycles. The molecule has 1 rings (SSSR count). The van der Waals surface area contributed by atoms with Gasteiger partial charge in [-0.1, -0.05) is 13.8 Å². The maximum absolute atomic E-state index is 12.0. The van der Waals surface area contributed by atoms with Crippen molar-refractivity contribution in [2.75, 3.05) is 5.73 Å². The van der Waals surface area contributed by atoms with E-state index in [9.17, 15) is 4.79 Å². The van der Waals surface area contributed by atoms with Crippen LogP contribution < -0.4 is 5.73 Å². The number of esters is 1. The molecule has 17 heavy (non-hydrogen) atoms. The standard InChI is InChI=1S/C14H21NO2/c1-8(2)11(5)17-14(16)13-7-12(15)6-9(3)10(13)4/h6-8,11H,15H2,1-5H3. The Morgan fingerprint density at radius 1 is 1.24 bits per heavy atom. The molecule has 0 heterocycles. The molecule has 0 spiro atoms. The fourth-order valence-corrected chi connectivity index (χ4v) is 1.47. The van der Waals surface area contributed by atoms with Crippen molar-refractivity contribution in [3.63, 3.8) is 0 Å². The van der Waals surface area contributed by atoms with Crippen LogP contribution in [0, 0.1) is 19.8 Å². The number of carbonyl (C=O) groups excluding carboxylic acids is 1. The molecule has 0 aliphatic carbocycles. The minimum Gasteiger partial charge on any atom is -0.459 e. The van der Waals surface area contributed by atoms with Crippen molar-refractivity contribution in [3.05, 3.63) is 28.8 Å². The first-order chi connectivity index (χ1) is 7.82. The monoisotopic (exact) mass is 235 g/mol. The lowest BCUT2D eigenvalue weighted by molar-refractivity contribution is 0.0237. The predicted molar refractivity (Wildman–Crippen MR) is 70.0 cm³/mol. The first kappa shape index (κ1) is 13.6. The van der Waals surface area contributed by atoms with Crippen LogP contribution >= 0.6 is 0 Å². The van der Waals surface area contributed by atoms with Gasteiger partial charge in [0.25, 0.3) is 0 Å². The largest absolute Gasteiger partial charge is 0.459 e. The Morgan fingerprint density at radius 3 is 2.35 bits per heavy atom. The maximum atomic E-state index is 12.0. The van der Waals surface area contributed by atoms with Crippen LogP contribution in [0.1, 0.15) is 42.3 Å². The highest BCUT2D eigenvalue weighted by atomic mass is 16.5. The number of nitrogen functional groups attached to an aromatic ring is 1. The van der Waals surface area contributed by atoms with E-state index >= 15 is 0 Å². The zero-order chi connectivity index (χ0) is 13.2. The van der Waals surface area contributed by atoms with Crippen molar-refractivity contribution in [2.45, 2.75) is 40.7 Å². The van der Waals surface area contributed by atoms with E-state index in [4.69, 9.17) is 10.5 Å². The van der Waals surface area contributed by atoms with Crippen molar-refractivity contribution in [3.8, 4) is 0 Å². The third kappa shape index (κ3) is 3.22. The predicted octanol–water partition coefficient (Wildman–Crippen LogP) is 3.09. The summed E-state index contributed by atoms with van der Waals surface area (Å²) < 4.78 is 5.39. The number of aryl methyl sites for hydroxylation is 1. The number of anilines is 1. The van der Waals surface area contributed by atoms with Gasteiger partial charge in [0.15, 0.2) is 0 Å². The van der Waals surface area contributed by atoms with Gasteiger partial charge >= 0.3 is 5.97 Å². The fraction of sp³-hybridized carbons (Fsp3) is 0.500. The third-order valence-corrected chi connectivity index (χ3v) is 3.14. The van der Waals surface area contributed by atoms with Crippen LogP contribution in [-0.4, -0.2) is 12.1 Å². The third-order valence-electron chi connectivity index (χ3n) is 3.14. The summed E-state index contributed by atoms with van der Waals surface area (Å²) in [5.74, 6) is 0.0144. The molecular weight excluding hydrogens is 214 g/mol. The van der Waals surface area contributed by atoms with Gasteiger partial charge in [-0.3, -0.25) is 0 Å². The van der Waals surface area contributed by atoms with E-state index < -0.39 is 0 Å². The molecule has 1 atom stereocenters. The van der Waals surface area contributed by atoms with Crippen LogP contribution in [0.4, 0.5) is 5.69 Å². The highest BCUT2D eigenvalue weighted by Gasteiger charge is 2.17. The summed E-state index contributed by atoms with van der Waals surface area (Å²) in [6.07, 6.45) is -0.0939. The van der Waals surface area contributed by atoms with Gasteiger partial charge in [-0.2, -0.15) is 0 Å². The molecule has 1 aromatic rings. The lowest BCUT2D eigenvalue weighted by atomic mass is 10.0. The van der Waals surface area contributed by atoms with Crippen LogP contribution in [0.25, 0.3) is 0 Å². The number of carbonyl (C=O) groups is 1. The molecule has 0 aromatic heterocycles. The smallest absolute Gasteiger partial charge is 0.338 e. The van der Waals surface area contributed by atoms with E-state index in [1.54, 1.807) is 6.07 Å². The van der Waals surface area contributed by atoms with Gasteiger partial charge < -0.3 is 10.5 Å². The van der Waals surface area contributed by atoms with E-state index in [2.05, 4.69) is 0 Å². The molecule has 0 aliphatic rings. The van der Waals surface area contributed by atoms with Crippen molar-refractivity contribution < 1.29 is 9.53 Å². The maximum Gasteiger partial charge on any atom is 0.338 e. The van der Waals surface area contributed by atoms with Gasteiger partial charge in [-0.05, 0) is 49.9 Å². The fourth-order valence-electron chi connectivity index (χ4n) is 1.47. The van der Waals surface area contributed by atoms with Crippen molar-refractivity contribution in [1.29, 1.82) is 0 Å². The van der Waals surface area contributed by atoms with Gasteiger partial charge in [-0.25, -0.2) is 4.79 Å². The summed E-state index contributed by atoms with van der Waals surface area (Å²) in [7, 11) is 0. The van der Waals surface area contributed by atoms with E-state index in [0.717, 1.165) is 11.1 Å². The van der Waals surface area contributed by atoms with Crippen LogP contribution in [0.3, 0.4) is 0 Å². The Hall–Kier alpha value is -1.51. The van der Waals surface area contributed by atoms with Gasteiger partial charge in [-0.15, -0.1) is 0 Å². The number of hydrogen-bond acceptors (Lipinski definition) is 3. The molecule has 0 aliphatic heterocycles. The van der Waals surface area contributed by atoms with Gasteiger partial charge in [0, 0.05) is 5.69 Å². The van der Waals surface area contributed by atoms with Crippen LogP contribution in [0.5, 0.6) is 0 Å². The number of ether oxygens (including phenoxy) is 1. The molecule has 3 heteroatoms. The van der Waals surface area contributed by atoms with Gasteiger partial charge in [0.1, 0.15) is 6.10 Å². The Labute approximate surface area is 103 Å². The number of hydrogen-bond donors (Lipinski definition) is 1. The molecule has 2 N–H and O–H groups in total. The molecule has 0 bridgehead atoms. The first-order valence-corrected chi connectivity index (χ1v) is 5.90. The molecule has 0 saturated heterocycles. The molecule has 0 saturated carbocycles. The first-order valence-electron chi connectivity index (χ1n) is 5.90. The average Bonchev–Trinajstić information content (AvgIpc) is 2.22. The van der Waals surface area contributed by atoms with Crippen molar-refractivity contribution in [1.82, 2.24) is 0 Å². The Bertz CT molecular complexity index is 424. The zero-order valence-corrected chi connectivity index (χ0v) is 11.2.